The summed E-state index contributed by atoms with van der Waals surface area (Å²) in [4.78, 5) is 21.2. The number of oxazole rings is 1. The maximum atomic E-state index is 12.4. The standard InChI is InChI=1S/C15H11N3O2S2/c1-9-12(17-14(20-9)10-2-4-21-7-10)6-18-8-16-11-3-5-22-13(11)15(18)19/h2-5,7-8H,6H2,1H3. The van der Waals surface area contributed by atoms with Gasteiger partial charge < -0.3 is 4.42 Å². The van der Waals surface area contributed by atoms with Crippen LogP contribution in [0.3, 0.4) is 0 Å². The zero-order valence-corrected chi connectivity index (χ0v) is 13.3. The summed E-state index contributed by atoms with van der Waals surface area (Å²) in [5.74, 6) is 1.31. The van der Waals surface area contributed by atoms with Crippen LogP contribution in [0.4, 0.5) is 0 Å². The van der Waals surface area contributed by atoms with E-state index in [1.807, 2.05) is 35.2 Å². The Kier molecular flexibility index (Phi) is 3.16. The molecule has 0 radical (unpaired) electrons. The lowest BCUT2D eigenvalue weighted by Crippen LogP contribution is -2.20. The lowest BCUT2D eigenvalue weighted by Gasteiger charge is -2.02. The minimum atomic E-state index is -0.0421. The highest BCUT2D eigenvalue weighted by atomic mass is 32.1. The van der Waals surface area contributed by atoms with Crippen molar-refractivity contribution in [3.05, 3.63) is 56.4 Å². The molecule has 4 aromatic rings. The van der Waals surface area contributed by atoms with E-state index >= 15 is 0 Å². The van der Waals surface area contributed by atoms with Gasteiger partial charge in [0, 0.05) is 10.9 Å². The van der Waals surface area contributed by atoms with Crippen molar-refractivity contribution < 1.29 is 4.42 Å². The van der Waals surface area contributed by atoms with E-state index in [4.69, 9.17) is 4.42 Å². The Hall–Kier alpha value is -2.25. The fourth-order valence-electron chi connectivity index (χ4n) is 2.24. The van der Waals surface area contributed by atoms with Gasteiger partial charge in [0.15, 0.2) is 0 Å². The predicted molar refractivity (Wildman–Crippen MR) is 87.5 cm³/mol. The number of rotatable bonds is 3. The van der Waals surface area contributed by atoms with E-state index in [0.717, 1.165) is 22.5 Å². The first kappa shape index (κ1) is 13.4. The Morgan fingerprint density at radius 1 is 1.32 bits per heavy atom. The molecule has 0 atom stereocenters. The first-order chi connectivity index (χ1) is 10.7. The van der Waals surface area contributed by atoms with Gasteiger partial charge in [-0.1, -0.05) is 0 Å². The first-order valence-corrected chi connectivity index (χ1v) is 8.46. The van der Waals surface area contributed by atoms with Gasteiger partial charge in [-0.25, -0.2) is 9.97 Å². The molecule has 22 heavy (non-hydrogen) atoms. The van der Waals surface area contributed by atoms with Crippen molar-refractivity contribution in [3.8, 4) is 11.5 Å². The third-order valence-corrected chi connectivity index (χ3v) is 4.99. The van der Waals surface area contributed by atoms with Crippen LogP contribution in [0.5, 0.6) is 0 Å². The van der Waals surface area contributed by atoms with Crippen LogP contribution >= 0.6 is 22.7 Å². The minimum Gasteiger partial charge on any atom is -0.441 e. The topological polar surface area (TPSA) is 60.9 Å². The summed E-state index contributed by atoms with van der Waals surface area (Å²) < 4.78 is 7.94. The minimum absolute atomic E-state index is 0.0421. The number of fused-ring (bicyclic) bond motifs is 1. The molecule has 0 amide bonds. The van der Waals surface area contributed by atoms with Crippen LogP contribution in [0.1, 0.15) is 11.5 Å². The molecule has 0 aliphatic heterocycles. The SMILES string of the molecule is Cc1oc(-c2ccsc2)nc1Cn1cnc2ccsc2c1=O. The molecule has 0 aliphatic carbocycles. The fourth-order valence-corrected chi connectivity index (χ4v) is 3.66. The Morgan fingerprint density at radius 2 is 2.23 bits per heavy atom. The normalized spacial score (nSPS) is 11.3. The summed E-state index contributed by atoms with van der Waals surface area (Å²) in [6.07, 6.45) is 1.57. The quantitative estimate of drug-likeness (QED) is 0.577. The van der Waals surface area contributed by atoms with Gasteiger partial charge in [-0.3, -0.25) is 9.36 Å². The van der Waals surface area contributed by atoms with Crippen molar-refractivity contribution in [1.82, 2.24) is 14.5 Å². The van der Waals surface area contributed by atoms with Gasteiger partial charge in [0.25, 0.3) is 5.56 Å². The molecule has 0 spiro atoms. The summed E-state index contributed by atoms with van der Waals surface area (Å²) in [6.45, 7) is 2.22. The second-order valence-electron chi connectivity index (χ2n) is 4.85. The van der Waals surface area contributed by atoms with Crippen molar-refractivity contribution in [2.24, 2.45) is 0 Å². The van der Waals surface area contributed by atoms with Crippen molar-refractivity contribution in [2.45, 2.75) is 13.5 Å². The van der Waals surface area contributed by atoms with E-state index < -0.39 is 0 Å². The molecular weight excluding hydrogens is 318 g/mol. The molecular formula is C15H11N3O2S2. The molecule has 4 heterocycles. The van der Waals surface area contributed by atoms with Crippen LogP contribution in [0.15, 0.2) is 43.8 Å². The van der Waals surface area contributed by atoms with Crippen LogP contribution in [-0.2, 0) is 6.54 Å². The van der Waals surface area contributed by atoms with E-state index in [1.54, 1.807) is 22.2 Å². The summed E-state index contributed by atoms with van der Waals surface area (Å²) in [7, 11) is 0. The molecule has 7 heteroatoms. The summed E-state index contributed by atoms with van der Waals surface area (Å²) in [6, 6.07) is 3.81. The second kappa shape index (κ2) is 5.19. The van der Waals surface area contributed by atoms with Crippen LogP contribution in [0.25, 0.3) is 21.7 Å². The van der Waals surface area contributed by atoms with Gasteiger partial charge >= 0.3 is 0 Å². The molecule has 4 aromatic heterocycles. The Morgan fingerprint density at radius 3 is 3.05 bits per heavy atom. The number of aryl methyl sites for hydroxylation is 1. The molecule has 5 nitrogen and oxygen atoms in total. The van der Waals surface area contributed by atoms with Crippen LogP contribution < -0.4 is 5.56 Å². The third-order valence-electron chi connectivity index (χ3n) is 3.42. The molecule has 0 unspecified atom stereocenters. The number of hydrogen-bond acceptors (Lipinski definition) is 6. The molecule has 0 saturated heterocycles. The third kappa shape index (κ3) is 2.18. The average Bonchev–Trinajstić information content (AvgIpc) is 3.23. The van der Waals surface area contributed by atoms with Gasteiger partial charge in [0.2, 0.25) is 5.89 Å². The van der Waals surface area contributed by atoms with Gasteiger partial charge in [-0.15, -0.1) is 11.3 Å². The molecule has 0 aromatic carbocycles. The van der Waals surface area contributed by atoms with Crippen molar-refractivity contribution in [3.63, 3.8) is 0 Å². The molecule has 0 bridgehead atoms. The second-order valence-corrected chi connectivity index (χ2v) is 6.54. The van der Waals surface area contributed by atoms with E-state index in [2.05, 4.69) is 9.97 Å². The van der Waals surface area contributed by atoms with Crippen molar-refractivity contribution >= 4 is 32.9 Å². The molecule has 0 N–H and O–H groups in total. The highest BCUT2D eigenvalue weighted by molar-refractivity contribution is 7.17. The summed E-state index contributed by atoms with van der Waals surface area (Å²) in [5, 5.41) is 5.84. The predicted octanol–water partition coefficient (Wildman–Crippen LogP) is 3.53. The Balaban J connectivity index is 1.73. The van der Waals surface area contributed by atoms with E-state index in [1.165, 1.54) is 11.3 Å². The van der Waals surface area contributed by atoms with E-state index in [9.17, 15) is 4.79 Å². The largest absolute Gasteiger partial charge is 0.441 e. The lowest BCUT2D eigenvalue weighted by molar-refractivity contribution is 0.537. The maximum absolute atomic E-state index is 12.4. The smallest absolute Gasteiger partial charge is 0.271 e. The molecule has 0 fully saturated rings. The van der Waals surface area contributed by atoms with E-state index in [0.29, 0.717) is 17.1 Å². The molecule has 4 rings (SSSR count). The van der Waals surface area contributed by atoms with Gasteiger partial charge in [0.1, 0.15) is 16.2 Å². The summed E-state index contributed by atoms with van der Waals surface area (Å²) in [5.41, 5.74) is 2.40. The highest BCUT2D eigenvalue weighted by Gasteiger charge is 2.14. The average molecular weight is 329 g/mol. The van der Waals surface area contributed by atoms with Crippen molar-refractivity contribution in [1.29, 1.82) is 0 Å². The Labute approximate surface area is 133 Å². The number of thiophene rings is 2. The fraction of sp³-hybridized carbons (Fsp3) is 0.133. The maximum Gasteiger partial charge on any atom is 0.271 e. The zero-order valence-electron chi connectivity index (χ0n) is 11.6. The van der Waals surface area contributed by atoms with Crippen LogP contribution in [-0.4, -0.2) is 14.5 Å². The first-order valence-electron chi connectivity index (χ1n) is 6.64. The Bertz CT molecular complexity index is 996. The number of hydrogen-bond donors (Lipinski definition) is 0. The van der Waals surface area contributed by atoms with Gasteiger partial charge in [0.05, 0.1) is 18.4 Å². The van der Waals surface area contributed by atoms with Gasteiger partial charge in [-0.2, -0.15) is 11.3 Å². The highest BCUT2D eigenvalue weighted by Crippen LogP contribution is 2.24. The van der Waals surface area contributed by atoms with Crippen molar-refractivity contribution in [2.75, 3.05) is 0 Å². The lowest BCUT2D eigenvalue weighted by atomic mass is 10.3. The number of nitrogens with zero attached hydrogens (tertiary/aromatic N) is 3. The molecule has 0 saturated carbocycles. The number of aromatic nitrogens is 3. The van der Waals surface area contributed by atoms with E-state index in [-0.39, 0.29) is 5.56 Å². The molecule has 0 aliphatic rings. The summed E-state index contributed by atoms with van der Waals surface area (Å²) >= 11 is 3.00. The van der Waals surface area contributed by atoms with Crippen LogP contribution in [0.2, 0.25) is 0 Å². The molecule has 110 valence electrons. The van der Waals surface area contributed by atoms with Gasteiger partial charge in [-0.05, 0) is 29.8 Å². The zero-order chi connectivity index (χ0) is 15.1. The monoisotopic (exact) mass is 329 g/mol. The van der Waals surface area contributed by atoms with Crippen LogP contribution in [0, 0.1) is 6.92 Å².